The fourth-order valence-corrected chi connectivity index (χ4v) is 2.05. The van der Waals surface area contributed by atoms with E-state index < -0.39 is 11.6 Å². The molecular weight excluding hydrogens is 248 g/mol. The van der Waals surface area contributed by atoms with E-state index in [-0.39, 0.29) is 11.6 Å². The maximum absolute atomic E-state index is 13.6. The Kier molecular flexibility index (Phi) is 4.32. The minimum absolute atomic E-state index is 0.155. The van der Waals surface area contributed by atoms with E-state index in [1.807, 2.05) is 6.92 Å². The van der Waals surface area contributed by atoms with Gasteiger partial charge in [0, 0.05) is 12.5 Å². The number of hydrogen-bond acceptors (Lipinski definition) is 2. The highest BCUT2D eigenvalue weighted by Gasteiger charge is 2.14. The third-order valence-corrected chi connectivity index (χ3v) is 2.94. The highest BCUT2D eigenvalue weighted by atomic mass is 19.2. The number of rotatable bonds is 5. The SMILES string of the molecule is CCNC(C)Cc1ccc(-c2cccc(F)c2F)o1. The predicted octanol–water partition coefficient (Wildman–Crippen LogP) is 3.77. The molecule has 4 heteroatoms. The number of benzene rings is 1. The molecule has 1 aromatic carbocycles. The van der Waals surface area contributed by atoms with Crippen LogP contribution in [-0.4, -0.2) is 12.6 Å². The zero-order chi connectivity index (χ0) is 13.8. The zero-order valence-electron chi connectivity index (χ0n) is 11.0. The van der Waals surface area contributed by atoms with Gasteiger partial charge in [-0.25, -0.2) is 8.78 Å². The molecule has 2 nitrogen and oxygen atoms in total. The lowest BCUT2D eigenvalue weighted by molar-refractivity contribution is 0.464. The smallest absolute Gasteiger partial charge is 0.169 e. The van der Waals surface area contributed by atoms with Crippen LogP contribution in [0.5, 0.6) is 0 Å². The Morgan fingerprint density at radius 1 is 1.21 bits per heavy atom. The average Bonchev–Trinajstić information content (AvgIpc) is 2.81. The molecule has 0 bridgehead atoms. The number of likely N-dealkylation sites (N-methyl/N-ethyl adjacent to an activating group) is 1. The van der Waals surface area contributed by atoms with Crippen molar-refractivity contribution < 1.29 is 13.2 Å². The maximum atomic E-state index is 13.6. The first-order chi connectivity index (χ1) is 9.11. The third kappa shape index (κ3) is 3.20. The van der Waals surface area contributed by atoms with Crippen molar-refractivity contribution in [2.24, 2.45) is 0 Å². The van der Waals surface area contributed by atoms with Gasteiger partial charge in [0.15, 0.2) is 11.6 Å². The van der Waals surface area contributed by atoms with Gasteiger partial charge in [-0.15, -0.1) is 0 Å². The minimum Gasteiger partial charge on any atom is -0.461 e. The van der Waals surface area contributed by atoms with Crippen LogP contribution in [-0.2, 0) is 6.42 Å². The Bertz CT molecular complexity index is 551. The van der Waals surface area contributed by atoms with Crippen LogP contribution in [0.1, 0.15) is 19.6 Å². The summed E-state index contributed by atoms with van der Waals surface area (Å²) in [6.07, 6.45) is 0.713. The van der Waals surface area contributed by atoms with Gasteiger partial charge in [0.1, 0.15) is 11.5 Å². The average molecular weight is 265 g/mol. The summed E-state index contributed by atoms with van der Waals surface area (Å²) >= 11 is 0. The molecule has 1 N–H and O–H groups in total. The maximum Gasteiger partial charge on any atom is 0.169 e. The molecule has 0 aliphatic heterocycles. The number of halogens is 2. The molecule has 0 aliphatic carbocycles. The minimum atomic E-state index is -0.872. The lowest BCUT2D eigenvalue weighted by Gasteiger charge is -2.09. The van der Waals surface area contributed by atoms with Crippen molar-refractivity contribution in [1.82, 2.24) is 5.32 Å². The van der Waals surface area contributed by atoms with Crippen LogP contribution in [0.25, 0.3) is 11.3 Å². The van der Waals surface area contributed by atoms with Crippen molar-refractivity contribution >= 4 is 0 Å². The van der Waals surface area contributed by atoms with E-state index in [4.69, 9.17) is 4.42 Å². The molecule has 0 amide bonds. The van der Waals surface area contributed by atoms with Crippen LogP contribution in [0.2, 0.25) is 0 Å². The summed E-state index contributed by atoms with van der Waals surface area (Å²) in [7, 11) is 0. The monoisotopic (exact) mass is 265 g/mol. The van der Waals surface area contributed by atoms with Gasteiger partial charge in [-0.1, -0.05) is 13.0 Å². The zero-order valence-corrected chi connectivity index (χ0v) is 11.0. The molecule has 0 radical (unpaired) electrons. The van der Waals surface area contributed by atoms with Crippen LogP contribution in [0.15, 0.2) is 34.7 Å². The summed E-state index contributed by atoms with van der Waals surface area (Å²) in [5, 5.41) is 3.27. The van der Waals surface area contributed by atoms with Crippen molar-refractivity contribution in [2.75, 3.05) is 6.54 Å². The second-order valence-electron chi connectivity index (χ2n) is 4.53. The normalized spacial score (nSPS) is 12.6. The Morgan fingerprint density at radius 2 is 2.00 bits per heavy atom. The molecule has 2 aromatic rings. The van der Waals surface area contributed by atoms with Crippen molar-refractivity contribution in [3.05, 3.63) is 47.7 Å². The van der Waals surface area contributed by atoms with E-state index in [9.17, 15) is 8.78 Å². The first kappa shape index (κ1) is 13.7. The molecule has 1 atom stereocenters. The summed E-state index contributed by atoms with van der Waals surface area (Å²) < 4.78 is 32.4. The largest absolute Gasteiger partial charge is 0.461 e. The molecule has 19 heavy (non-hydrogen) atoms. The van der Waals surface area contributed by atoms with E-state index in [0.717, 1.165) is 18.4 Å². The second-order valence-corrected chi connectivity index (χ2v) is 4.53. The van der Waals surface area contributed by atoms with Gasteiger partial charge >= 0.3 is 0 Å². The van der Waals surface area contributed by atoms with Crippen molar-refractivity contribution in [3.63, 3.8) is 0 Å². The van der Waals surface area contributed by atoms with E-state index in [2.05, 4.69) is 12.2 Å². The second kappa shape index (κ2) is 5.97. The van der Waals surface area contributed by atoms with Gasteiger partial charge in [-0.3, -0.25) is 0 Å². The quantitative estimate of drug-likeness (QED) is 0.890. The molecule has 0 spiro atoms. The number of nitrogens with one attached hydrogen (secondary N) is 1. The molecule has 1 aromatic heterocycles. The van der Waals surface area contributed by atoms with E-state index in [0.29, 0.717) is 12.2 Å². The van der Waals surface area contributed by atoms with Crippen LogP contribution in [0, 0.1) is 11.6 Å². The van der Waals surface area contributed by atoms with Crippen molar-refractivity contribution in [1.29, 1.82) is 0 Å². The van der Waals surface area contributed by atoms with E-state index >= 15 is 0 Å². The lowest BCUT2D eigenvalue weighted by atomic mass is 10.1. The summed E-state index contributed by atoms with van der Waals surface area (Å²) in [5.41, 5.74) is 0.155. The topological polar surface area (TPSA) is 25.2 Å². The molecule has 0 saturated heterocycles. The summed E-state index contributed by atoms with van der Waals surface area (Å²) in [5.74, 6) is -0.623. The molecule has 2 rings (SSSR count). The van der Waals surface area contributed by atoms with Crippen LogP contribution < -0.4 is 5.32 Å². The Morgan fingerprint density at radius 3 is 2.74 bits per heavy atom. The third-order valence-electron chi connectivity index (χ3n) is 2.94. The molecular formula is C15H17F2NO. The Balaban J connectivity index is 2.19. The molecule has 1 unspecified atom stereocenters. The predicted molar refractivity (Wildman–Crippen MR) is 70.9 cm³/mol. The van der Waals surface area contributed by atoms with Gasteiger partial charge in [0.25, 0.3) is 0 Å². The molecule has 1 heterocycles. The number of furan rings is 1. The molecule has 102 valence electrons. The van der Waals surface area contributed by atoms with Crippen LogP contribution in [0.3, 0.4) is 0 Å². The van der Waals surface area contributed by atoms with Gasteiger partial charge in [0.05, 0.1) is 5.56 Å². The summed E-state index contributed by atoms with van der Waals surface area (Å²) in [6.45, 7) is 4.97. The van der Waals surface area contributed by atoms with E-state index in [1.54, 1.807) is 12.1 Å². The van der Waals surface area contributed by atoms with Gasteiger partial charge in [0.2, 0.25) is 0 Å². The molecule has 0 saturated carbocycles. The van der Waals surface area contributed by atoms with Gasteiger partial charge < -0.3 is 9.73 Å². The van der Waals surface area contributed by atoms with Crippen LogP contribution >= 0.6 is 0 Å². The lowest BCUT2D eigenvalue weighted by Crippen LogP contribution is -2.27. The van der Waals surface area contributed by atoms with Gasteiger partial charge in [-0.05, 0) is 37.7 Å². The number of hydrogen-bond donors (Lipinski definition) is 1. The highest BCUT2D eigenvalue weighted by molar-refractivity contribution is 5.58. The molecule has 0 fully saturated rings. The van der Waals surface area contributed by atoms with Crippen LogP contribution in [0.4, 0.5) is 8.78 Å². The first-order valence-electron chi connectivity index (χ1n) is 6.38. The van der Waals surface area contributed by atoms with E-state index in [1.165, 1.54) is 12.1 Å². The van der Waals surface area contributed by atoms with Crippen molar-refractivity contribution in [2.45, 2.75) is 26.3 Å². The van der Waals surface area contributed by atoms with Gasteiger partial charge in [-0.2, -0.15) is 0 Å². The summed E-state index contributed by atoms with van der Waals surface area (Å²) in [4.78, 5) is 0. The molecule has 0 aliphatic rings. The highest BCUT2D eigenvalue weighted by Crippen LogP contribution is 2.26. The first-order valence-corrected chi connectivity index (χ1v) is 6.38. The fraction of sp³-hybridized carbons (Fsp3) is 0.333. The Labute approximate surface area is 111 Å². The van der Waals surface area contributed by atoms with Crippen molar-refractivity contribution in [3.8, 4) is 11.3 Å². The Hall–Kier alpha value is -1.68. The fourth-order valence-electron chi connectivity index (χ4n) is 2.05. The standard InChI is InChI=1S/C15H17F2NO/c1-3-18-10(2)9-11-7-8-14(19-11)12-5-4-6-13(16)15(12)17/h4-8,10,18H,3,9H2,1-2H3. The summed E-state index contributed by atoms with van der Waals surface area (Å²) in [6, 6.07) is 7.82.